The van der Waals surface area contributed by atoms with E-state index in [1.807, 2.05) is 0 Å². The fourth-order valence-electron chi connectivity index (χ4n) is 3.51. The van der Waals surface area contributed by atoms with Gasteiger partial charge in [-0.05, 0) is 63.9 Å². The van der Waals surface area contributed by atoms with Gasteiger partial charge in [-0.15, -0.1) is 0 Å². The smallest absolute Gasteiger partial charge is 0.298 e. The fraction of sp³-hybridized carbons (Fsp3) is 0.308. The van der Waals surface area contributed by atoms with Crippen LogP contribution in [-0.4, -0.2) is 51.6 Å². The summed E-state index contributed by atoms with van der Waals surface area (Å²) in [7, 11) is -8.08. The molecule has 1 aromatic heterocycles. The number of rotatable bonds is 11. The summed E-state index contributed by atoms with van der Waals surface area (Å²) in [6, 6.07) is 10.6. The molecular formula is C26H30Cl2N3O6PS. The molecule has 0 radical (unpaired) electrons. The molecule has 13 heteroatoms. The van der Waals surface area contributed by atoms with Gasteiger partial charge in [0.05, 0.1) is 33.7 Å². The topological polar surface area (TPSA) is 115 Å². The van der Waals surface area contributed by atoms with E-state index in [4.69, 9.17) is 32.7 Å². The number of amides is 1. The minimum absolute atomic E-state index is 0.00619. The van der Waals surface area contributed by atoms with Crippen LogP contribution in [0.4, 0.5) is 16.2 Å². The lowest BCUT2D eigenvalue weighted by atomic mass is 10.2. The van der Waals surface area contributed by atoms with E-state index in [1.54, 1.807) is 32.9 Å². The number of ether oxygens (including phenoxy) is 2. The van der Waals surface area contributed by atoms with Crippen molar-refractivity contribution in [2.45, 2.75) is 31.8 Å². The highest BCUT2D eigenvalue weighted by Crippen LogP contribution is 2.44. The van der Waals surface area contributed by atoms with Gasteiger partial charge in [0.1, 0.15) is 23.0 Å². The molecule has 0 fully saturated rings. The maximum Gasteiger partial charge on any atom is 0.298 e. The maximum absolute atomic E-state index is 13.9. The number of para-hydroxylation sites is 1. The van der Waals surface area contributed by atoms with Gasteiger partial charge in [-0.2, -0.15) is 4.31 Å². The third-order valence-electron chi connectivity index (χ3n) is 5.16. The largest absolute Gasteiger partial charge is 0.492 e. The van der Waals surface area contributed by atoms with Crippen LogP contribution < -0.4 is 19.1 Å². The molecule has 3 aromatic rings. The minimum Gasteiger partial charge on any atom is -0.492 e. The lowest BCUT2D eigenvalue weighted by molar-refractivity contribution is 0.236. The number of carbonyl (C=O) groups is 1. The van der Waals surface area contributed by atoms with Crippen molar-refractivity contribution in [2.75, 3.05) is 36.1 Å². The third kappa shape index (κ3) is 7.66. The van der Waals surface area contributed by atoms with Gasteiger partial charge in [0.2, 0.25) is 0 Å². The first-order valence-electron chi connectivity index (χ1n) is 11.9. The second-order valence-electron chi connectivity index (χ2n) is 9.28. The molecule has 1 N–H and O–H groups in total. The van der Waals surface area contributed by atoms with Crippen molar-refractivity contribution in [3.05, 3.63) is 70.5 Å². The average molecular weight is 614 g/mol. The Morgan fingerprint density at radius 3 is 2.49 bits per heavy atom. The van der Waals surface area contributed by atoms with Gasteiger partial charge in [-0.25, -0.2) is 8.42 Å². The molecule has 0 atom stereocenters. The van der Waals surface area contributed by atoms with Crippen LogP contribution in [0.2, 0.25) is 10.0 Å². The summed E-state index contributed by atoms with van der Waals surface area (Å²) in [6.07, 6.45) is 2.64. The first kappa shape index (κ1) is 30.8. The van der Waals surface area contributed by atoms with Gasteiger partial charge in [0, 0.05) is 18.8 Å². The molecule has 3 rings (SSSR count). The van der Waals surface area contributed by atoms with Gasteiger partial charge in [0.15, 0.2) is 7.14 Å². The Hall–Kier alpha value is -2.78. The molecule has 0 unspecified atom stereocenters. The molecule has 39 heavy (non-hydrogen) atoms. The van der Waals surface area contributed by atoms with Crippen LogP contribution in [0, 0.1) is 6.92 Å². The van der Waals surface area contributed by atoms with Crippen LogP contribution in [0.25, 0.3) is 0 Å². The summed E-state index contributed by atoms with van der Waals surface area (Å²) in [5, 5.41) is 3.70. The van der Waals surface area contributed by atoms with E-state index in [0.29, 0.717) is 37.9 Å². The number of pyridine rings is 1. The van der Waals surface area contributed by atoms with Crippen molar-refractivity contribution < 1.29 is 27.3 Å². The molecule has 0 spiro atoms. The lowest BCUT2D eigenvalue weighted by Gasteiger charge is -2.26. The summed E-state index contributed by atoms with van der Waals surface area (Å²) >= 11 is 12.1. The predicted molar refractivity (Wildman–Crippen MR) is 156 cm³/mol. The number of nitrogens with one attached hydrogen (secondary N) is 1. The molecule has 0 saturated carbocycles. The van der Waals surface area contributed by atoms with E-state index < -0.39 is 22.8 Å². The molecule has 0 saturated heterocycles. The van der Waals surface area contributed by atoms with Crippen LogP contribution in [0.5, 0.6) is 11.5 Å². The Kier molecular flexibility index (Phi) is 9.93. The second-order valence-corrected chi connectivity index (χ2v) is 14.9. The Labute approximate surface area is 238 Å². The van der Waals surface area contributed by atoms with Crippen LogP contribution in [-0.2, 0) is 14.6 Å². The zero-order valence-corrected chi connectivity index (χ0v) is 25.4. The number of sulfonamides is 1. The molecule has 0 aliphatic heterocycles. The van der Waals surface area contributed by atoms with Crippen molar-refractivity contribution in [1.29, 1.82) is 0 Å². The normalized spacial score (nSPS) is 11.8. The number of aromatic nitrogens is 1. The number of halogens is 2. The Morgan fingerprint density at radius 2 is 1.82 bits per heavy atom. The van der Waals surface area contributed by atoms with Gasteiger partial charge in [-0.3, -0.25) is 9.78 Å². The van der Waals surface area contributed by atoms with Crippen molar-refractivity contribution in [1.82, 2.24) is 4.98 Å². The van der Waals surface area contributed by atoms with Gasteiger partial charge in [0.25, 0.3) is 15.7 Å². The first-order valence-corrected chi connectivity index (χ1v) is 16.7. The molecular weight excluding hydrogens is 584 g/mol. The fourth-order valence-corrected chi connectivity index (χ4v) is 6.70. The molecule has 1 amide bonds. The number of hydrogen-bond donors (Lipinski definition) is 1. The Bertz CT molecular complexity index is 1510. The summed E-state index contributed by atoms with van der Waals surface area (Å²) in [6.45, 7) is 8.19. The van der Waals surface area contributed by atoms with Gasteiger partial charge >= 0.3 is 0 Å². The summed E-state index contributed by atoms with van der Waals surface area (Å²) in [5.41, 5.74) is 0.111. The molecule has 2 aromatic carbocycles. The number of benzene rings is 2. The number of nitrogens with zero attached hydrogens (tertiary/aromatic N) is 2. The minimum atomic E-state index is -4.53. The number of hydrogen-bond acceptors (Lipinski definition) is 8. The van der Waals surface area contributed by atoms with Crippen molar-refractivity contribution >= 4 is 57.4 Å². The van der Waals surface area contributed by atoms with Crippen LogP contribution >= 0.6 is 30.3 Å². The Balaban J connectivity index is 1.96. The number of carbonyl (C=O) groups excluding carboxylic acids is 1. The molecule has 1 heterocycles. The highest BCUT2D eigenvalue weighted by molar-refractivity contribution is 7.96. The molecule has 0 aliphatic carbocycles. The van der Waals surface area contributed by atoms with Gasteiger partial charge in [-0.1, -0.05) is 35.3 Å². The number of anilines is 2. The average Bonchev–Trinajstić information content (AvgIpc) is 2.83. The van der Waals surface area contributed by atoms with Crippen LogP contribution in [0.3, 0.4) is 0 Å². The van der Waals surface area contributed by atoms with E-state index in [2.05, 4.69) is 10.3 Å². The van der Waals surface area contributed by atoms with E-state index in [-0.39, 0.29) is 29.0 Å². The summed E-state index contributed by atoms with van der Waals surface area (Å²) in [5.74, 6) is 0.389. The van der Waals surface area contributed by atoms with Crippen molar-refractivity contribution in [3.8, 4) is 11.5 Å². The summed E-state index contributed by atoms with van der Waals surface area (Å²) < 4.78 is 52.9. The lowest BCUT2D eigenvalue weighted by Crippen LogP contribution is -2.36. The zero-order chi connectivity index (χ0) is 29.0. The Morgan fingerprint density at radius 1 is 1.13 bits per heavy atom. The molecule has 210 valence electrons. The highest BCUT2D eigenvalue weighted by Gasteiger charge is 2.39. The van der Waals surface area contributed by atoms with Crippen molar-refractivity contribution in [3.63, 3.8) is 0 Å². The second kappa shape index (κ2) is 12.6. The van der Waals surface area contributed by atoms with Gasteiger partial charge < -0.3 is 19.4 Å². The third-order valence-corrected chi connectivity index (χ3v) is 8.96. The predicted octanol–water partition coefficient (Wildman–Crippen LogP) is 6.91. The molecule has 0 bridgehead atoms. The van der Waals surface area contributed by atoms with Crippen LogP contribution in [0.15, 0.2) is 59.8 Å². The summed E-state index contributed by atoms with van der Waals surface area (Å²) in [4.78, 5) is 17.1. The van der Waals surface area contributed by atoms with E-state index >= 15 is 0 Å². The molecule has 0 aliphatic rings. The highest BCUT2D eigenvalue weighted by atomic mass is 35.5. The monoisotopic (exact) mass is 613 g/mol. The zero-order valence-electron chi connectivity index (χ0n) is 22.1. The van der Waals surface area contributed by atoms with Crippen molar-refractivity contribution in [2.24, 2.45) is 0 Å². The maximum atomic E-state index is 13.9. The standard InChI is InChI=1S/C26H30Cl2N3O6PS/c1-17(2)37-23-8-6-7-9-24(23)39(34,35)31(26(32)38(4,5)33)19-12-18(3)13-20(14-19)36-11-10-30-22-16-29-15-21(27)25(22)28/h6-9,12-17,30H,10-11H2,1-5H3. The SMILES string of the molecule is Cc1cc(OCCNc2cncc(Cl)c2Cl)cc(N(C(=O)P(C)(C)=O)S(=O)(=O)c2ccccc2OC(C)C)c1. The van der Waals surface area contributed by atoms with E-state index in [9.17, 15) is 17.8 Å². The first-order chi connectivity index (χ1) is 18.2. The van der Waals surface area contributed by atoms with E-state index in [0.717, 1.165) is 0 Å². The van der Waals surface area contributed by atoms with E-state index in [1.165, 1.54) is 56.1 Å². The number of aryl methyl sites for hydroxylation is 1. The quantitative estimate of drug-likeness (QED) is 0.183. The molecule has 9 nitrogen and oxygen atoms in total. The van der Waals surface area contributed by atoms with Crippen LogP contribution in [0.1, 0.15) is 19.4 Å².